The monoisotopic (exact) mass is 411 g/mol. The Kier molecular flexibility index (Phi) is 6.01. The quantitative estimate of drug-likeness (QED) is 0.403. The average molecular weight is 411 g/mol. The summed E-state index contributed by atoms with van der Waals surface area (Å²) in [6.07, 6.45) is 0.606. The molecular weight excluding hydrogens is 390 g/mol. The summed E-state index contributed by atoms with van der Waals surface area (Å²) in [5.41, 5.74) is 1.12. The molecule has 9 heteroatoms. The second kappa shape index (κ2) is 8.64. The molecule has 0 aromatic heterocycles. The van der Waals surface area contributed by atoms with Crippen molar-refractivity contribution in [1.29, 1.82) is 0 Å². The minimum atomic E-state index is -0.522. The highest BCUT2D eigenvalue weighted by molar-refractivity contribution is 6.36. The Bertz CT molecular complexity index is 1030. The van der Waals surface area contributed by atoms with Gasteiger partial charge in [0.1, 0.15) is 5.70 Å². The van der Waals surface area contributed by atoms with Crippen LogP contribution in [0.1, 0.15) is 18.9 Å². The fourth-order valence-corrected chi connectivity index (χ4v) is 3.19. The molecule has 3 rings (SSSR count). The van der Waals surface area contributed by atoms with Crippen LogP contribution in [0.4, 0.5) is 11.4 Å². The molecule has 2 amide bonds. The maximum Gasteiger partial charge on any atom is 0.278 e. The number of rotatable bonds is 8. The van der Waals surface area contributed by atoms with E-state index in [1.165, 1.54) is 43.4 Å². The van der Waals surface area contributed by atoms with Crippen LogP contribution in [0.2, 0.25) is 0 Å². The molecule has 0 saturated heterocycles. The summed E-state index contributed by atoms with van der Waals surface area (Å²) < 4.78 is 10.5. The summed E-state index contributed by atoms with van der Waals surface area (Å²) in [5.74, 6) is 0.0832. The SMILES string of the molecule is CCCN1C(=O)C(Nc2ccc(OC)c(OC)c2)=C(c2ccc([N+](=O)[O-])cc2)C1=O. The van der Waals surface area contributed by atoms with Crippen LogP contribution < -0.4 is 14.8 Å². The lowest BCUT2D eigenvalue weighted by Crippen LogP contribution is -2.33. The molecule has 2 aromatic carbocycles. The average Bonchev–Trinajstić information content (AvgIpc) is 2.98. The number of nitro groups is 1. The molecule has 2 aromatic rings. The Morgan fingerprint density at radius 1 is 1.00 bits per heavy atom. The number of hydrogen-bond donors (Lipinski definition) is 1. The Balaban J connectivity index is 2.06. The van der Waals surface area contributed by atoms with Crippen molar-refractivity contribution in [3.8, 4) is 11.5 Å². The van der Waals surface area contributed by atoms with Crippen LogP contribution in [0.25, 0.3) is 5.57 Å². The molecule has 30 heavy (non-hydrogen) atoms. The van der Waals surface area contributed by atoms with Crippen LogP contribution in [0.15, 0.2) is 48.2 Å². The third-order valence-electron chi connectivity index (χ3n) is 4.63. The van der Waals surface area contributed by atoms with E-state index in [0.29, 0.717) is 29.2 Å². The number of carbonyl (C=O) groups is 2. The molecule has 0 spiro atoms. The fourth-order valence-electron chi connectivity index (χ4n) is 3.19. The van der Waals surface area contributed by atoms with Gasteiger partial charge in [-0.2, -0.15) is 0 Å². The molecule has 0 unspecified atom stereocenters. The Hall–Kier alpha value is -3.88. The van der Waals surface area contributed by atoms with E-state index < -0.39 is 16.7 Å². The van der Waals surface area contributed by atoms with E-state index >= 15 is 0 Å². The number of methoxy groups -OCH3 is 2. The van der Waals surface area contributed by atoms with Crippen molar-refractivity contribution in [2.24, 2.45) is 0 Å². The zero-order valence-electron chi connectivity index (χ0n) is 16.8. The normalized spacial score (nSPS) is 13.6. The number of ether oxygens (including phenoxy) is 2. The number of anilines is 1. The molecule has 1 N–H and O–H groups in total. The van der Waals surface area contributed by atoms with Gasteiger partial charge < -0.3 is 14.8 Å². The topological polar surface area (TPSA) is 111 Å². The van der Waals surface area contributed by atoms with Gasteiger partial charge in [0.05, 0.1) is 24.7 Å². The van der Waals surface area contributed by atoms with Gasteiger partial charge in [0.15, 0.2) is 11.5 Å². The summed E-state index contributed by atoms with van der Waals surface area (Å²) in [7, 11) is 3.01. The van der Waals surface area contributed by atoms with Gasteiger partial charge in [0.25, 0.3) is 17.5 Å². The second-order valence-electron chi connectivity index (χ2n) is 6.51. The van der Waals surface area contributed by atoms with Crippen LogP contribution in [-0.2, 0) is 9.59 Å². The van der Waals surface area contributed by atoms with Gasteiger partial charge >= 0.3 is 0 Å². The minimum absolute atomic E-state index is 0.101. The van der Waals surface area contributed by atoms with Gasteiger partial charge in [0.2, 0.25) is 0 Å². The summed E-state index contributed by atoms with van der Waals surface area (Å²) in [5, 5.41) is 14.0. The van der Waals surface area contributed by atoms with E-state index in [1.54, 1.807) is 18.2 Å². The largest absolute Gasteiger partial charge is 0.493 e. The summed E-state index contributed by atoms with van der Waals surface area (Å²) in [6, 6.07) is 10.6. The molecule has 0 radical (unpaired) electrons. The Morgan fingerprint density at radius 2 is 1.67 bits per heavy atom. The highest BCUT2D eigenvalue weighted by Crippen LogP contribution is 2.34. The maximum absolute atomic E-state index is 13.0. The number of nitrogens with one attached hydrogen (secondary N) is 1. The summed E-state index contributed by atoms with van der Waals surface area (Å²) in [4.78, 5) is 37.5. The molecule has 1 heterocycles. The van der Waals surface area contributed by atoms with Crippen molar-refractivity contribution in [3.05, 3.63) is 63.8 Å². The van der Waals surface area contributed by atoms with Crippen molar-refractivity contribution >= 4 is 28.8 Å². The van der Waals surface area contributed by atoms with Crippen LogP contribution in [0.3, 0.4) is 0 Å². The smallest absolute Gasteiger partial charge is 0.278 e. The molecule has 0 fully saturated rings. The predicted molar refractivity (Wildman–Crippen MR) is 110 cm³/mol. The maximum atomic E-state index is 13.0. The number of hydrogen-bond acceptors (Lipinski definition) is 7. The first-order valence-electron chi connectivity index (χ1n) is 9.25. The molecule has 0 aliphatic carbocycles. The predicted octanol–water partition coefficient (Wildman–Crippen LogP) is 3.21. The van der Waals surface area contributed by atoms with Gasteiger partial charge in [-0.3, -0.25) is 24.6 Å². The van der Waals surface area contributed by atoms with E-state index in [4.69, 9.17) is 9.47 Å². The van der Waals surface area contributed by atoms with E-state index in [9.17, 15) is 19.7 Å². The van der Waals surface area contributed by atoms with Crippen LogP contribution in [0.5, 0.6) is 11.5 Å². The lowest BCUT2D eigenvalue weighted by molar-refractivity contribution is -0.384. The molecule has 0 saturated carbocycles. The first kappa shape index (κ1) is 20.8. The van der Waals surface area contributed by atoms with Crippen LogP contribution in [0, 0.1) is 10.1 Å². The number of non-ortho nitro benzene ring substituents is 1. The van der Waals surface area contributed by atoms with Crippen LogP contribution >= 0.6 is 0 Å². The highest BCUT2D eigenvalue weighted by atomic mass is 16.6. The number of nitro benzene ring substituents is 1. The first-order valence-corrected chi connectivity index (χ1v) is 9.25. The molecule has 1 aliphatic heterocycles. The van der Waals surface area contributed by atoms with Crippen molar-refractivity contribution in [3.63, 3.8) is 0 Å². The van der Waals surface area contributed by atoms with Gasteiger partial charge in [-0.15, -0.1) is 0 Å². The highest BCUT2D eigenvalue weighted by Gasteiger charge is 2.38. The van der Waals surface area contributed by atoms with Crippen molar-refractivity contribution in [2.45, 2.75) is 13.3 Å². The first-order chi connectivity index (χ1) is 14.4. The third kappa shape index (κ3) is 3.82. The number of imide groups is 1. The third-order valence-corrected chi connectivity index (χ3v) is 4.63. The summed E-state index contributed by atoms with van der Waals surface area (Å²) in [6.45, 7) is 2.14. The second-order valence-corrected chi connectivity index (χ2v) is 6.51. The number of amides is 2. The molecule has 9 nitrogen and oxygen atoms in total. The Labute approximate surface area is 173 Å². The zero-order valence-corrected chi connectivity index (χ0v) is 16.8. The van der Waals surface area contributed by atoms with E-state index in [2.05, 4.69) is 5.32 Å². The fraction of sp³-hybridized carbons (Fsp3) is 0.238. The molecule has 0 bridgehead atoms. The lowest BCUT2D eigenvalue weighted by Gasteiger charge is -2.14. The van der Waals surface area contributed by atoms with Crippen molar-refractivity contribution in [2.75, 3.05) is 26.1 Å². The van der Waals surface area contributed by atoms with E-state index in [-0.39, 0.29) is 23.5 Å². The number of nitrogens with zero attached hydrogens (tertiary/aromatic N) is 2. The lowest BCUT2D eigenvalue weighted by atomic mass is 10.0. The molecule has 0 atom stereocenters. The molecular formula is C21H21N3O6. The van der Waals surface area contributed by atoms with Gasteiger partial charge in [-0.05, 0) is 36.2 Å². The van der Waals surface area contributed by atoms with Crippen molar-refractivity contribution in [1.82, 2.24) is 4.90 Å². The molecule has 1 aliphatic rings. The Morgan fingerprint density at radius 3 is 2.23 bits per heavy atom. The summed E-state index contributed by atoms with van der Waals surface area (Å²) >= 11 is 0. The number of benzene rings is 2. The van der Waals surface area contributed by atoms with Gasteiger partial charge in [-0.1, -0.05) is 6.92 Å². The van der Waals surface area contributed by atoms with Crippen molar-refractivity contribution < 1.29 is 24.0 Å². The standard InChI is InChI=1S/C21H21N3O6/c1-4-11-23-20(25)18(13-5-8-15(9-6-13)24(27)28)19(21(23)26)22-14-7-10-16(29-2)17(12-14)30-3/h5-10,12,22H,4,11H2,1-3H3. The van der Waals surface area contributed by atoms with Crippen LogP contribution in [-0.4, -0.2) is 42.4 Å². The minimum Gasteiger partial charge on any atom is -0.493 e. The zero-order chi connectivity index (χ0) is 21.8. The van der Waals surface area contributed by atoms with Gasteiger partial charge in [-0.25, -0.2) is 0 Å². The van der Waals surface area contributed by atoms with E-state index in [0.717, 1.165) is 0 Å². The molecule has 156 valence electrons. The van der Waals surface area contributed by atoms with Gasteiger partial charge in [0, 0.05) is 30.4 Å². The van der Waals surface area contributed by atoms with E-state index in [1.807, 2.05) is 6.92 Å². The number of carbonyl (C=O) groups excluding carboxylic acids is 2.